The van der Waals surface area contributed by atoms with Gasteiger partial charge in [0.2, 0.25) is 0 Å². The normalized spacial score (nSPS) is 11.3. The molecule has 118 valence electrons. The van der Waals surface area contributed by atoms with Gasteiger partial charge in [0.25, 0.3) is 10.0 Å². The van der Waals surface area contributed by atoms with Crippen molar-refractivity contribution in [1.29, 1.82) is 0 Å². The number of methoxy groups -OCH3 is 1. The van der Waals surface area contributed by atoms with Crippen LogP contribution in [0, 0.1) is 13.8 Å². The highest BCUT2D eigenvalue weighted by Crippen LogP contribution is 2.33. The minimum atomic E-state index is -3.72. The van der Waals surface area contributed by atoms with E-state index < -0.39 is 10.0 Å². The van der Waals surface area contributed by atoms with Crippen molar-refractivity contribution in [2.45, 2.75) is 18.7 Å². The first-order valence-electron chi connectivity index (χ1n) is 6.67. The van der Waals surface area contributed by atoms with Gasteiger partial charge in [0.15, 0.2) is 0 Å². The molecule has 0 bridgehead atoms. The van der Waals surface area contributed by atoms with Crippen LogP contribution in [0.2, 0.25) is 0 Å². The molecule has 2 aromatic rings. The minimum Gasteiger partial charge on any atom is -0.495 e. The van der Waals surface area contributed by atoms with Crippen LogP contribution in [0.4, 0.5) is 5.69 Å². The maximum absolute atomic E-state index is 13.0. The van der Waals surface area contributed by atoms with Gasteiger partial charge in [-0.1, -0.05) is 28.1 Å². The van der Waals surface area contributed by atoms with Gasteiger partial charge in [0.05, 0.1) is 12.8 Å². The van der Waals surface area contributed by atoms with Crippen LogP contribution < -0.4 is 9.04 Å². The van der Waals surface area contributed by atoms with Crippen molar-refractivity contribution in [3.63, 3.8) is 0 Å². The maximum Gasteiger partial charge on any atom is 0.267 e. The lowest BCUT2D eigenvalue weighted by molar-refractivity contribution is 0.402. The van der Waals surface area contributed by atoms with E-state index in [0.717, 1.165) is 11.1 Å². The summed E-state index contributed by atoms with van der Waals surface area (Å²) in [6.07, 6.45) is 0. The molecular weight excluding hydrogens is 366 g/mol. The molecule has 0 aliphatic carbocycles. The Hall–Kier alpha value is -1.53. The third-order valence-corrected chi connectivity index (χ3v) is 5.97. The maximum atomic E-state index is 13.0. The summed E-state index contributed by atoms with van der Waals surface area (Å²) >= 11 is 3.31. The van der Waals surface area contributed by atoms with Crippen molar-refractivity contribution in [3.05, 3.63) is 52.0 Å². The molecule has 2 aromatic carbocycles. The zero-order valence-electron chi connectivity index (χ0n) is 12.9. The molecule has 0 unspecified atom stereocenters. The summed E-state index contributed by atoms with van der Waals surface area (Å²) in [6, 6.07) is 10.5. The Kier molecular flexibility index (Phi) is 4.82. The topological polar surface area (TPSA) is 46.6 Å². The number of ether oxygens (including phenoxy) is 1. The SMILES string of the molecule is COc1ccc(Br)cc1S(=O)(=O)N(C)c1cccc(C)c1C. The van der Waals surface area contributed by atoms with Gasteiger partial charge in [-0.25, -0.2) is 8.42 Å². The van der Waals surface area contributed by atoms with Gasteiger partial charge in [0, 0.05) is 11.5 Å². The molecule has 4 nitrogen and oxygen atoms in total. The standard InChI is InChI=1S/C16H18BrNO3S/c1-11-6-5-7-14(12(11)2)18(3)22(19,20)16-10-13(17)8-9-15(16)21-4/h5-10H,1-4H3. The molecule has 0 atom stereocenters. The highest BCUT2D eigenvalue weighted by molar-refractivity contribution is 9.10. The van der Waals surface area contributed by atoms with E-state index in [-0.39, 0.29) is 4.90 Å². The van der Waals surface area contributed by atoms with Crippen molar-refractivity contribution in [1.82, 2.24) is 0 Å². The molecular formula is C16H18BrNO3S. The van der Waals surface area contributed by atoms with Gasteiger partial charge < -0.3 is 4.74 Å². The van der Waals surface area contributed by atoms with E-state index >= 15 is 0 Å². The van der Waals surface area contributed by atoms with Crippen molar-refractivity contribution < 1.29 is 13.2 Å². The first-order chi connectivity index (χ1) is 10.3. The predicted octanol–water partition coefficient (Wildman–Crippen LogP) is 3.90. The van der Waals surface area contributed by atoms with Gasteiger partial charge in [0.1, 0.15) is 10.6 Å². The van der Waals surface area contributed by atoms with Crippen LogP contribution in [0.1, 0.15) is 11.1 Å². The lowest BCUT2D eigenvalue weighted by Crippen LogP contribution is -2.27. The lowest BCUT2D eigenvalue weighted by atomic mass is 10.1. The van der Waals surface area contributed by atoms with Gasteiger partial charge in [-0.3, -0.25) is 4.31 Å². The fourth-order valence-electron chi connectivity index (χ4n) is 2.21. The zero-order chi connectivity index (χ0) is 16.5. The molecule has 0 aromatic heterocycles. The van der Waals surface area contributed by atoms with Crippen molar-refractivity contribution in [2.75, 3.05) is 18.5 Å². The number of nitrogens with zero attached hydrogens (tertiary/aromatic N) is 1. The van der Waals surface area contributed by atoms with E-state index in [9.17, 15) is 8.42 Å². The summed E-state index contributed by atoms with van der Waals surface area (Å²) in [5.41, 5.74) is 2.63. The first-order valence-corrected chi connectivity index (χ1v) is 8.91. The number of rotatable bonds is 4. The quantitative estimate of drug-likeness (QED) is 0.803. The van der Waals surface area contributed by atoms with Crippen LogP contribution in [0.25, 0.3) is 0 Å². The Balaban J connectivity index is 2.60. The molecule has 0 saturated heterocycles. The summed E-state index contributed by atoms with van der Waals surface area (Å²) in [7, 11) is -0.707. The second kappa shape index (κ2) is 6.30. The molecule has 0 aliphatic heterocycles. The summed E-state index contributed by atoms with van der Waals surface area (Å²) in [5.74, 6) is 0.320. The third kappa shape index (κ3) is 2.98. The van der Waals surface area contributed by atoms with Gasteiger partial charge >= 0.3 is 0 Å². The Morgan fingerprint density at radius 3 is 2.45 bits per heavy atom. The Bertz CT molecular complexity index is 803. The molecule has 0 heterocycles. The van der Waals surface area contributed by atoms with Crippen molar-refractivity contribution >= 4 is 31.6 Å². The number of hydrogen-bond acceptors (Lipinski definition) is 3. The fraction of sp³-hybridized carbons (Fsp3) is 0.250. The molecule has 0 radical (unpaired) electrons. The monoisotopic (exact) mass is 383 g/mol. The smallest absolute Gasteiger partial charge is 0.267 e. The largest absolute Gasteiger partial charge is 0.495 e. The Morgan fingerprint density at radius 2 is 1.82 bits per heavy atom. The molecule has 0 amide bonds. The lowest BCUT2D eigenvalue weighted by Gasteiger charge is -2.23. The Morgan fingerprint density at radius 1 is 1.14 bits per heavy atom. The number of benzene rings is 2. The number of anilines is 1. The number of sulfonamides is 1. The highest BCUT2D eigenvalue weighted by atomic mass is 79.9. The number of aryl methyl sites for hydroxylation is 1. The summed E-state index contributed by atoms with van der Waals surface area (Å²) in [6.45, 7) is 3.87. The molecule has 2 rings (SSSR count). The van der Waals surface area contributed by atoms with Gasteiger partial charge in [-0.2, -0.15) is 0 Å². The number of hydrogen-bond donors (Lipinski definition) is 0. The summed E-state index contributed by atoms with van der Waals surface area (Å²) in [5, 5.41) is 0. The van der Waals surface area contributed by atoms with E-state index in [1.807, 2.05) is 26.0 Å². The highest BCUT2D eigenvalue weighted by Gasteiger charge is 2.26. The molecule has 0 saturated carbocycles. The predicted molar refractivity (Wildman–Crippen MR) is 92.2 cm³/mol. The van der Waals surface area contributed by atoms with Crippen LogP contribution in [0.5, 0.6) is 5.75 Å². The van der Waals surface area contributed by atoms with Crippen LogP contribution >= 0.6 is 15.9 Å². The average molecular weight is 384 g/mol. The summed E-state index contributed by atoms with van der Waals surface area (Å²) in [4.78, 5) is 0.132. The second-order valence-corrected chi connectivity index (χ2v) is 7.84. The zero-order valence-corrected chi connectivity index (χ0v) is 15.3. The van der Waals surface area contributed by atoms with E-state index in [2.05, 4.69) is 15.9 Å². The molecule has 0 N–H and O–H groups in total. The third-order valence-electron chi connectivity index (χ3n) is 3.68. The number of halogens is 1. The minimum absolute atomic E-state index is 0.132. The fourth-order valence-corrected chi connectivity index (χ4v) is 4.15. The van der Waals surface area contributed by atoms with Gasteiger partial charge in [-0.05, 0) is 49.2 Å². The molecule has 0 aliphatic rings. The van der Waals surface area contributed by atoms with Crippen LogP contribution in [0.15, 0.2) is 45.8 Å². The van der Waals surface area contributed by atoms with E-state index in [4.69, 9.17) is 4.74 Å². The molecule has 6 heteroatoms. The van der Waals surface area contributed by atoms with Crippen molar-refractivity contribution in [2.24, 2.45) is 0 Å². The van der Waals surface area contributed by atoms with E-state index in [0.29, 0.717) is 15.9 Å². The Labute approximate surface area is 139 Å². The second-order valence-electron chi connectivity index (χ2n) is 4.99. The van der Waals surface area contributed by atoms with Crippen LogP contribution in [-0.4, -0.2) is 22.6 Å². The first kappa shape index (κ1) is 16.8. The molecule has 0 fully saturated rings. The van der Waals surface area contributed by atoms with Gasteiger partial charge in [-0.15, -0.1) is 0 Å². The van der Waals surface area contributed by atoms with E-state index in [1.54, 1.807) is 31.3 Å². The van der Waals surface area contributed by atoms with E-state index in [1.165, 1.54) is 11.4 Å². The van der Waals surface area contributed by atoms with Crippen LogP contribution in [0.3, 0.4) is 0 Å². The van der Waals surface area contributed by atoms with Crippen LogP contribution in [-0.2, 0) is 10.0 Å². The molecule has 0 spiro atoms. The van der Waals surface area contributed by atoms with Crippen molar-refractivity contribution in [3.8, 4) is 5.75 Å². The summed E-state index contributed by atoms with van der Waals surface area (Å²) < 4.78 is 33.1. The average Bonchev–Trinajstić information content (AvgIpc) is 2.49. The molecule has 22 heavy (non-hydrogen) atoms.